The molecule has 1 amide bonds. The Morgan fingerprint density at radius 1 is 1.23 bits per heavy atom. The van der Waals surface area contributed by atoms with Crippen molar-refractivity contribution < 1.29 is 29.6 Å². The van der Waals surface area contributed by atoms with Crippen LogP contribution in [0, 0.1) is 5.92 Å². The number of unbranched alkanes of at least 4 members (excludes halogenated alkanes) is 2. The highest BCUT2D eigenvalue weighted by Crippen LogP contribution is 2.27. The van der Waals surface area contributed by atoms with Gasteiger partial charge in [-0.15, -0.1) is 0 Å². The van der Waals surface area contributed by atoms with Crippen LogP contribution in [0.5, 0.6) is 0 Å². The molecule has 22 heavy (non-hydrogen) atoms. The molecule has 1 saturated heterocycles. The van der Waals surface area contributed by atoms with E-state index in [4.69, 9.17) is 19.7 Å². The predicted molar refractivity (Wildman–Crippen MR) is 80.1 cm³/mol. The van der Waals surface area contributed by atoms with Crippen molar-refractivity contribution in [1.29, 1.82) is 0 Å². The van der Waals surface area contributed by atoms with Crippen LogP contribution in [0.4, 0.5) is 0 Å². The van der Waals surface area contributed by atoms with Crippen molar-refractivity contribution in [3.05, 3.63) is 0 Å². The maximum atomic E-state index is 11.5. The summed E-state index contributed by atoms with van der Waals surface area (Å²) in [4.78, 5) is 11.5. The topological polar surface area (TPSA) is 108 Å². The molecule has 1 aliphatic rings. The average molecular weight is 319 g/mol. The molecular formula is C15H29NO6. The molecule has 7 heteroatoms. The summed E-state index contributed by atoms with van der Waals surface area (Å²) >= 11 is 0. The van der Waals surface area contributed by atoms with Crippen molar-refractivity contribution >= 4 is 5.91 Å². The number of hydrogen-bond acceptors (Lipinski definition) is 6. The van der Waals surface area contributed by atoms with E-state index in [9.17, 15) is 9.90 Å². The van der Waals surface area contributed by atoms with Gasteiger partial charge in [0.15, 0.2) is 6.29 Å². The fourth-order valence-electron chi connectivity index (χ4n) is 2.44. The third kappa shape index (κ3) is 6.18. The van der Waals surface area contributed by atoms with E-state index >= 15 is 0 Å². The molecule has 4 unspecified atom stereocenters. The van der Waals surface area contributed by atoms with Crippen LogP contribution in [0.2, 0.25) is 0 Å². The zero-order chi connectivity index (χ0) is 16.4. The summed E-state index contributed by atoms with van der Waals surface area (Å²) in [5.41, 5.74) is 0. The van der Waals surface area contributed by atoms with Crippen molar-refractivity contribution in [2.75, 3.05) is 26.4 Å². The number of amides is 1. The van der Waals surface area contributed by atoms with Crippen molar-refractivity contribution in [2.24, 2.45) is 5.92 Å². The summed E-state index contributed by atoms with van der Waals surface area (Å²) in [6, 6.07) is 0. The van der Waals surface area contributed by atoms with Crippen molar-refractivity contribution in [3.8, 4) is 0 Å². The first-order valence-electron chi connectivity index (χ1n) is 8.07. The Labute approximate surface area is 131 Å². The molecule has 4 N–H and O–H groups in total. The summed E-state index contributed by atoms with van der Waals surface area (Å²) in [6.45, 7) is 2.55. The van der Waals surface area contributed by atoms with Crippen LogP contribution in [-0.4, -0.2) is 66.1 Å². The smallest absolute Gasteiger partial charge is 0.220 e. The van der Waals surface area contributed by atoms with E-state index in [2.05, 4.69) is 12.2 Å². The first-order valence-corrected chi connectivity index (χ1v) is 8.07. The fraction of sp³-hybridized carbons (Fsp3) is 0.933. The molecule has 1 fully saturated rings. The number of aliphatic hydroxyl groups excluding tert-OH is 3. The van der Waals surface area contributed by atoms with E-state index in [1.54, 1.807) is 0 Å². The van der Waals surface area contributed by atoms with E-state index in [0.29, 0.717) is 19.4 Å². The Balaban J connectivity index is 2.13. The number of carbonyl (C=O) groups is 1. The zero-order valence-corrected chi connectivity index (χ0v) is 13.2. The third-order valence-electron chi connectivity index (χ3n) is 3.83. The first-order chi connectivity index (χ1) is 10.6. The largest absolute Gasteiger partial charge is 0.396 e. The highest BCUT2D eigenvalue weighted by molar-refractivity contribution is 5.75. The van der Waals surface area contributed by atoms with E-state index in [-0.39, 0.29) is 25.7 Å². The Kier molecular flexibility index (Phi) is 9.58. The standard InChI is InChI=1S/C15H29NO6/c1-2-3-4-7-16-13(19)6-5-8-21-15-14(20)11(9-17)12(10-18)22-15/h11-12,14-15,17-18,20H,2-10H2,1H3,(H,16,19). The SMILES string of the molecule is CCCCCNC(=O)CCCOC1OC(CO)C(CO)C1O. The number of nitrogens with one attached hydrogen (secondary N) is 1. The lowest BCUT2D eigenvalue weighted by Crippen LogP contribution is -2.32. The minimum absolute atomic E-state index is 0.00550. The van der Waals surface area contributed by atoms with Crippen LogP contribution in [0.1, 0.15) is 39.0 Å². The highest BCUT2D eigenvalue weighted by Gasteiger charge is 2.43. The molecule has 0 radical (unpaired) electrons. The molecule has 130 valence electrons. The molecule has 1 heterocycles. The van der Waals surface area contributed by atoms with Gasteiger partial charge < -0.3 is 30.1 Å². The van der Waals surface area contributed by atoms with Crippen molar-refractivity contribution in [1.82, 2.24) is 5.32 Å². The second-order valence-electron chi connectivity index (χ2n) is 5.59. The summed E-state index contributed by atoms with van der Waals surface area (Å²) in [6.07, 6.45) is 1.67. The van der Waals surface area contributed by atoms with Gasteiger partial charge in [-0.05, 0) is 12.8 Å². The summed E-state index contributed by atoms with van der Waals surface area (Å²) in [5, 5.41) is 31.0. The van der Waals surface area contributed by atoms with Gasteiger partial charge in [0.25, 0.3) is 0 Å². The summed E-state index contributed by atoms with van der Waals surface area (Å²) in [7, 11) is 0. The molecular weight excluding hydrogens is 290 g/mol. The molecule has 1 rings (SSSR count). The van der Waals surface area contributed by atoms with Gasteiger partial charge in [0.1, 0.15) is 6.10 Å². The molecule has 0 aromatic heterocycles. The minimum atomic E-state index is -0.968. The lowest BCUT2D eigenvalue weighted by Gasteiger charge is -2.16. The summed E-state index contributed by atoms with van der Waals surface area (Å²) in [5.74, 6) is -0.550. The highest BCUT2D eigenvalue weighted by atomic mass is 16.7. The van der Waals surface area contributed by atoms with Gasteiger partial charge in [-0.25, -0.2) is 0 Å². The maximum absolute atomic E-state index is 11.5. The van der Waals surface area contributed by atoms with E-state index in [1.165, 1.54) is 0 Å². The van der Waals surface area contributed by atoms with Crippen molar-refractivity contribution in [3.63, 3.8) is 0 Å². The van der Waals surface area contributed by atoms with Gasteiger partial charge >= 0.3 is 0 Å². The average Bonchev–Trinajstić information content (AvgIpc) is 2.83. The quantitative estimate of drug-likeness (QED) is 0.392. The molecule has 0 saturated carbocycles. The number of aliphatic hydroxyl groups is 3. The normalized spacial score (nSPS) is 28.0. The number of ether oxygens (including phenoxy) is 2. The zero-order valence-electron chi connectivity index (χ0n) is 13.2. The van der Waals surface area contributed by atoms with Gasteiger partial charge in [-0.2, -0.15) is 0 Å². The van der Waals surface area contributed by atoms with Crippen LogP contribution in [0.3, 0.4) is 0 Å². The Morgan fingerprint density at radius 2 is 2.00 bits per heavy atom. The molecule has 0 aromatic carbocycles. The lowest BCUT2D eigenvalue weighted by atomic mass is 10.0. The van der Waals surface area contributed by atoms with Crippen LogP contribution < -0.4 is 5.32 Å². The molecule has 0 spiro atoms. The lowest BCUT2D eigenvalue weighted by molar-refractivity contribution is -0.170. The van der Waals surface area contributed by atoms with Gasteiger partial charge in [-0.3, -0.25) is 4.79 Å². The van der Waals surface area contributed by atoms with Gasteiger partial charge in [0, 0.05) is 18.9 Å². The van der Waals surface area contributed by atoms with Gasteiger partial charge in [0.05, 0.1) is 25.9 Å². The summed E-state index contributed by atoms with van der Waals surface area (Å²) < 4.78 is 10.7. The fourth-order valence-corrected chi connectivity index (χ4v) is 2.44. The van der Waals surface area contributed by atoms with E-state index in [0.717, 1.165) is 19.3 Å². The molecule has 1 aliphatic heterocycles. The molecule has 0 aliphatic carbocycles. The number of hydrogen-bond donors (Lipinski definition) is 4. The second kappa shape index (κ2) is 10.9. The van der Waals surface area contributed by atoms with Crippen LogP contribution >= 0.6 is 0 Å². The Bertz CT molecular complexity index is 314. The van der Waals surface area contributed by atoms with Crippen molar-refractivity contribution in [2.45, 2.75) is 57.5 Å². The third-order valence-corrected chi connectivity index (χ3v) is 3.83. The monoisotopic (exact) mass is 319 g/mol. The van der Waals surface area contributed by atoms with E-state index < -0.39 is 24.4 Å². The molecule has 0 bridgehead atoms. The van der Waals surface area contributed by atoms with Gasteiger partial charge in [-0.1, -0.05) is 19.8 Å². The first kappa shape index (κ1) is 19.3. The predicted octanol–water partition coefficient (Wildman–Crippen LogP) is -0.224. The van der Waals surface area contributed by atoms with Crippen LogP contribution in [0.15, 0.2) is 0 Å². The molecule has 4 atom stereocenters. The van der Waals surface area contributed by atoms with Gasteiger partial charge in [0.2, 0.25) is 5.91 Å². The van der Waals surface area contributed by atoms with E-state index in [1.807, 2.05) is 0 Å². The number of rotatable bonds is 11. The van der Waals surface area contributed by atoms with Crippen LogP contribution in [-0.2, 0) is 14.3 Å². The number of carbonyl (C=O) groups excluding carboxylic acids is 1. The Morgan fingerprint density at radius 3 is 2.59 bits per heavy atom. The maximum Gasteiger partial charge on any atom is 0.220 e. The Hall–Kier alpha value is -0.730. The second-order valence-corrected chi connectivity index (χ2v) is 5.59. The molecule has 7 nitrogen and oxygen atoms in total. The molecule has 0 aromatic rings. The minimum Gasteiger partial charge on any atom is -0.396 e. The van der Waals surface area contributed by atoms with Crippen LogP contribution in [0.25, 0.3) is 0 Å².